The van der Waals surface area contributed by atoms with Crippen molar-refractivity contribution in [3.63, 3.8) is 0 Å². The van der Waals surface area contributed by atoms with Crippen LogP contribution in [0, 0.1) is 5.92 Å². The first kappa shape index (κ1) is 18.9. The molecule has 1 atom stereocenters. The van der Waals surface area contributed by atoms with Gasteiger partial charge in [0.1, 0.15) is 12.0 Å². The number of aromatic nitrogens is 3. The van der Waals surface area contributed by atoms with Gasteiger partial charge in [-0.1, -0.05) is 0 Å². The molecule has 2 aliphatic heterocycles. The molecule has 150 valence electrons. The van der Waals surface area contributed by atoms with Gasteiger partial charge in [0.05, 0.1) is 24.7 Å². The highest BCUT2D eigenvalue weighted by Gasteiger charge is 2.21. The number of carbonyl (C=O) groups excluding carboxylic acids is 1. The van der Waals surface area contributed by atoms with Gasteiger partial charge < -0.3 is 14.4 Å². The topological polar surface area (TPSA) is 69.5 Å². The summed E-state index contributed by atoms with van der Waals surface area (Å²) in [4.78, 5) is 17.8. The molecule has 0 bridgehead atoms. The lowest BCUT2D eigenvalue weighted by Crippen LogP contribution is -2.38. The molecular formula is C21H28N4O3. The van der Waals surface area contributed by atoms with Gasteiger partial charge >= 0.3 is 0 Å². The Morgan fingerprint density at radius 1 is 1.21 bits per heavy atom. The van der Waals surface area contributed by atoms with E-state index in [4.69, 9.17) is 9.47 Å². The van der Waals surface area contributed by atoms with Crippen molar-refractivity contribution in [1.29, 1.82) is 0 Å². The number of ether oxygens (including phenoxy) is 2. The molecule has 2 saturated heterocycles. The van der Waals surface area contributed by atoms with E-state index in [-0.39, 0.29) is 12.1 Å². The Labute approximate surface area is 165 Å². The van der Waals surface area contributed by atoms with Crippen LogP contribution in [0.4, 0.5) is 0 Å². The van der Waals surface area contributed by atoms with Crippen molar-refractivity contribution in [3.8, 4) is 17.0 Å². The number of pyridine rings is 1. The third-order valence-electron chi connectivity index (χ3n) is 5.63. The average Bonchev–Trinajstić information content (AvgIpc) is 3.24. The second-order valence-electron chi connectivity index (χ2n) is 7.67. The van der Waals surface area contributed by atoms with E-state index >= 15 is 0 Å². The smallest absolute Gasteiger partial charge is 0.219 e. The molecule has 2 fully saturated rings. The molecule has 28 heavy (non-hydrogen) atoms. The van der Waals surface area contributed by atoms with Crippen LogP contribution in [-0.4, -0.2) is 51.9 Å². The molecule has 0 N–H and O–H groups in total. The van der Waals surface area contributed by atoms with Crippen LogP contribution in [0.25, 0.3) is 11.3 Å². The summed E-state index contributed by atoms with van der Waals surface area (Å²) >= 11 is 0. The van der Waals surface area contributed by atoms with E-state index in [0.717, 1.165) is 62.4 Å². The van der Waals surface area contributed by atoms with Crippen LogP contribution in [0.1, 0.15) is 45.3 Å². The van der Waals surface area contributed by atoms with Gasteiger partial charge in [0.25, 0.3) is 0 Å². The van der Waals surface area contributed by atoms with Gasteiger partial charge in [-0.2, -0.15) is 5.10 Å². The molecule has 1 unspecified atom stereocenters. The van der Waals surface area contributed by atoms with Crippen LogP contribution in [0.3, 0.4) is 0 Å². The number of nitrogens with zero attached hydrogens (tertiary/aromatic N) is 4. The summed E-state index contributed by atoms with van der Waals surface area (Å²) in [6.45, 7) is 4.77. The summed E-state index contributed by atoms with van der Waals surface area (Å²) in [7, 11) is 0. The van der Waals surface area contributed by atoms with E-state index in [2.05, 4.69) is 10.1 Å². The standard InChI is InChI=1S/C21H28N4O3/c1-16(26)24-9-7-17(8-10-24)15-28-19-5-6-20(22-13-19)18-12-23-25(14-18)21-4-2-3-11-27-21/h5-6,12-14,17,21H,2-4,7-11,15H2,1H3. The summed E-state index contributed by atoms with van der Waals surface area (Å²) < 4.78 is 13.6. The minimum Gasteiger partial charge on any atom is -0.492 e. The van der Waals surface area contributed by atoms with Gasteiger partial charge in [0.15, 0.2) is 0 Å². The Bertz CT molecular complexity index is 775. The zero-order chi connectivity index (χ0) is 19.3. The van der Waals surface area contributed by atoms with E-state index < -0.39 is 0 Å². The summed E-state index contributed by atoms with van der Waals surface area (Å²) in [5.74, 6) is 1.43. The van der Waals surface area contributed by atoms with Crippen molar-refractivity contribution < 1.29 is 14.3 Å². The molecule has 0 aliphatic carbocycles. The van der Waals surface area contributed by atoms with Gasteiger partial charge in [0.2, 0.25) is 5.91 Å². The van der Waals surface area contributed by atoms with Crippen molar-refractivity contribution >= 4 is 5.91 Å². The monoisotopic (exact) mass is 384 g/mol. The van der Waals surface area contributed by atoms with Crippen LogP contribution >= 0.6 is 0 Å². The maximum atomic E-state index is 11.4. The first-order valence-corrected chi connectivity index (χ1v) is 10.2. The highest BCUT2D eigenvalue weighted by Crippen LogP contribution is 2.25. The van der Waals surface area contributed by atoms with Crippen LogP contribution in [0.2, 0.25) is 0 Å². The Morgan fingerprint density at radius 3 is 2.75 bits per heavy atom. The van der Waals surface area contributed by atoms with Gasteiger partial charge in [0, 0.05) is 38.4 Å². The zero-order valence-electron chi connectivity index (χ0n) is 16.4. The molecule has 2 aromatic rings. The summed E-state index contributed by atoms with van der Waals surface area (Å²) in [5, 5.41) is 4.45. The predicted octanol–water partition coefficient (Wildman–Crippen LogP) is 3.28. The largest absolute Gasteiger partial charge is 0.492 e. The molecule has 0 aromatic carbocycles. The number of rotatable bonds is 5. The average molecular weight is 384 g/mol. The Morgan fingerprint density at radius 2 is 2.07 bits per heavy atom. The minimum atomic E-state index is 0.0412. The van der Waals surface area contributed by atoms with Crippen LogP contribution in [0.5, 0.6) is 5.75 Å². The fourth-order valence-electron chi connectivity index (χ4n) is 3.83. The van der Waals surface area contributed by atoms with Crippen molar-refractivity contribution in [1.82, 2.24) is 19.7 Å². The number of hydrogen-bond donors (Lipinski definition) is 0. The van der Waals surface area contributed by atoms with E-state index in [0.29, 0.717) is 12.5 Å². The van der Waals surface area contributed by atoms with E-state index in [9.17, 15) is 4.79 Å². The molecule has 4 rings (SSSR count). The van der Waals surface area contributed by atoms with Crippen LogP contribution in [0.15, 0.2) is 30.7 Å². The molecule has 7 nitrogen and oxygen atoms in total. The summed E-state index contributed by atoms with van der Waals surface area (Å²) in [5.41, 5.74) is 1.86. The molecule has 0 spiro atoms. The maximum Gasteiger partial charge on any atom is 0.219 e. The van der Waals surface area contributed by atoms with E-state index in [1.54, 1.807) is 13.1 Å². The Hall–Kier alpha value is -2.41. The Kier molecular flexibility index (Phi) is 5.90. The zero-order valence-corrected chi connectivity index (χ0v) is 16.4. The molecule has 2 aliphatic rings. The van der Waals surface area contributed by atoms with Crippen LogP contribution in [-0.2, 0) is 9.53 Å². The number of hydrogen-bond acceptors (Lipinski definition) is 5. The third kappa shape index (κ3) is 4.52. The van der Waals surface area contributed by atoms with Gasteiger partial charge in [-0.3, -0.25) is 9.78 Å². The number of carbonyl (C=O) groups is 1. The van der Waals surface area contributed by atoms with E-state index in [1.807, 2.05) is 34.1 Å². The van der Waals surface area contributed by atoms with Crippen molar-refractivity contribution in [2.75, 3.05) is 26.3 Å². The maximum absolute atomic E-state index is 11.4. The quantitative estimate of drug-likeness (QED) is 0.791. The summed E-state index contributed by atoms with van der Waals surface area (Å²) in [6.07, 6.45) is 11.0. The molecule has 0 radical (unpaired) electrons. The van der Waals surface area contributed by atoms with Gasteiger partial charge in [-0.25, -0.2) is 4.68 Å². The first-order chi connectivity index (χ1) is 13.7. The van der Waals surface area contributed by atoms with Gasteiger partial charge in [-0.05, 0) is 50.2 Å². The van der Waals surface area contributed by atoms with Crippen molar-refractivity contribution in [2.24, 2.45) is 5.92 Å². The second kappa shape index (κ2) is 8.73. The highest BCUT2D eigenvalue weighted by molar-refractivity contribution is 5.73. The first-order valence-electron chi connectivity index (χ1n) is 10.2. The Balaban J connectivity index is 1.29. The lowest BCUT2D eigenvalue weighted by Gasteiger charge is -2.31. The van der Waals surface area contributed by atoms with Crippen molar-refractivity contribution in [2.45, 2.75) is 45.3 Å². The number of likely N-dealkylation sites (tertiary alicyclic amines) is 1. The molecular weight excluding hydrogens is 356 g/mol. The predicted molar refractivity (Wildman–Crippen MR) is 105 cm³/mol. The van der Waals surface area contributed by atoms with Gasteiger partial charge in [-0.15, -0.1) is 0 Å². The molecule has 4 heterocycles. The van der Waals surface area contributed by atoms with Crippen molar-refractivity contribution in [3.05, 3.63) is 30.7 Å². The highest BCUT2D eigenvalue weighted by atomic mass is 16.5. The lowest BCUT2D eigenvalue weighted by molar-refractivity contribution is -0.130. The SMILES string of the molecule is CC(=O)N1CCC(COc2ccc(-c3cnn(C4CCCCO4)c3)nc2)CC1. The summed E-state index contributed by atoms with van der Waals surface area (Å²) in [6, 6.07) is 3.93. The second-order valence-corrected chi connectivity index (χ2v) is 7.67. The van der Waals surface area contributed by atoms with E-state index in [1.165, 1.54) is 6.42 Å². The van der Waals surface area contributed by atoms with Crippen LogP contribution < -0.4 is 4.74 Å². The molecule has 2 aromatic heterocycles. The fraction of sp³-hybridized carbons (Fsp3) is 0.571. The number of piperidine rings is 1. The normalized spacial score (nSPS) is 20.9. The molecule has 0 saturated carbocycles. The molecule has 7 heteroatoms. The third-order valence-corrected chi connectivity index (χ3v) is 5.63. The fourth-order valence-corrected chi connectivity index (χ4v) is 3.83. The minimum absolute atomic E-state index is 0.0412. The molecule has 1 amide bonds. The number of amides is 1. The lowest BCUT2D eigenvalue weighted by atomic mass is 9.98.